The van der Waals surface area contributed by atoms with E-state index in [0.717, 1.165) is 6.42 Å². The van der Waals surface area contributed by atoms with Crippen molar-refractivity contribution in [2.24, 2.45) is 5.41 Å². The van der Waals surface area contributed by atoms with Crippen LogP contribution in [-0.4, -0.2) is 66.5 Å². The standard InChI is InChI=1S/C15H25N3O4/c1-15(2,3)11(18-8-9-22-14(18)21)13(20)17-7-5-6-10(17)12(19)16-4/h10-11H,5-9H2,1-4H3,(H,16,19). The van der Waals surface area contributed by atoms with Crippen LogP contribution >= 0.6 is 0 Å². The van der Waals surface area contributed by atoms with E-state index in [9.17, 15) is 14.4 Å². The minimum Gasteiger partial charge on any atom is -0.448 e. The molecule has 2 heterocycles. The van der Waals surface area contributed by atoms with Crippen molar-refractivity contribution in [3.05, 3.63) is 0 Å². The van der Waals surface area contributed by atoms with Gasteiger partial charge in [-0.2, -0.15) is 0 Å². The van der Waals surface area contributed by atoms with Gasteiger partial charge in [0.2, 0.25) is 11.8 Å². The minimum atomic E-state index is -0.618. The molecule has 2 saturated heterocycles. The number of hydrogen-bond acceptors (Lipinski definition) is 4. The molecule has 22 heavy (non-hydrogen) atoms. The number of likely N-dealkylation sites (tertiary alicyclic amines) is 1. The van der Waals surface area contributed by atoms with Gasteiger partial charge in [0.1, 0.15) is 18.7 Å². The van der Waals surface area contributed by atoms with Crippen molar-refractivity contribution in [3.63, 3.8) is 0 Å². The van der Waals surface area contributed by atoms with Gasteiger partial charge in [0, 0.05) is 13.6 Å². The lowest BCUT2D eigenvalue weighted by molar-refractivity contribution is -0.144. The van der Waals surface area contributed by atoms with Crippen LogP contribution in [0, 0.1) is 5.41 Å². The first kappa shape index (κ1) is 16.6. The molecular formula is C15H25N3O4. The lowest BCUT2D eigenvalue weighted by atomic mass is 9.84. The van der Waals surface area contributed by atoms with Gasteiger partial charge in [0.15, 0.2) is 0 Å². The van der Waals surface area contributed by atoms with E-state index in [-0.39, 0.29) is 11.8 Å². The predicted molar refractivity (Wildman–Crippen MR) is 80.1 cm³/mol. The molecule has 3 amide bonds. The van der Waals surface area contributed by atoms with Crippen LogP contribution in [0.3, 0.4) is 0 Å². The lowest BCUT2D eigenvalue weighted by Gasteiger charge is -2.38. The zero-order chi connectivity index (χ0) is 16.5. The van der Waals surface area contributed by atoms with E-state index in [0.29, 0.717) is 26.1 Å². The van der Waals surface area contributed by atoms with Crippen molar-refractivity contribution >= 4 is 17.9 Å². The molecule has 2 aliphatic heterocycles. The van der Waals surface area contributed by atoms with Crippen LogP contribution in [0.1, 0.15) is 33.6 Å². The summed E-state index contributed by atoms with van der Waals surface area (Å²) in [6.45, 7) is 7.03. The third-order valence-electron chi connectivity index (χ3n) is 4.24. The number of likely N-dealkylation sites (N-methyl/N-ethyl adjacent to an activating group) is 1. The molecule has 2 aliphatic rings. The summed E-state index contributed by atoms with van der Waals surface area (Å²) in [6, 6.07) is -1.06. The number of nitrogens with zero attached hydrogens (tertiary/aromatic N) is 2. The fourth-order valence-electron chi connectivity index (χ4n) is 3.24. The summed E-state index contributed by atoms with van der Waals surface area (Å²) in [5, 5.41) is 2.61. The number of carbonyl (C=O) groups excluding carboxylic acids is 3. The zero-order valence-corrected chi connectivity index (χ0v) is 13.7. The Balaban J connectivity index is 2.26. The highest BCUT2D eigenvalue weighted by atomic mass is 16.6. The first-order chi connectivity index (χ1) is 10.3. The molecular weight excluding hydrogens is 286 g/mol. The summed E-state index contributed by atoms with van der Waals surface area (Å²) in [7, 11) is 1.57. The molecule has 0 aromatic heterocycles. The maximum absolute atomic E-state index is 13.1. The number of cyclic esters (lactones) is 1. The second-order valence-electron chi connectivity index (χ2n) is 6.88. The van der Waals surface area contributed by atoms with Crippen LogP contribution in [0.5, 0.6) is 0 Å². The second-order valence-corrected chi connectivity index (χ2v) is 6.88. The third-order valence-corrected chi connectivity index (χ3v) is 4.24. The molecule has 7 heteroatoms. The Bertz CT molecular complexity index is 472. The highest BCUT2D eigenvalue weighted by Crippen LogP contribution is 2.30. The molecule has 2 atom stereocenters. The molecule has 0 aliphatic carbocycles. The summed E-state index contributed by atoms with van der Waals surface area (Å²) in [4.78, 5) is 40.0. The van der Waals surface area contributed by atoms with Crippen LogP contribution in [0.25, 0.3) is 0 Å². The summed E-state index contributed by atoms with van der Waals surface area (Å²) < 4.78 is 4.99. The first-order valence-corrected chi connectivity index (χ1v) is 7.73. The molecule has 124 valence electrons. The maximum atomic E-state index is 13.1. The SMILES string of the molecule is CNC(=O)C1CCCN1C(=O)C(N1CCOC1=O)C(C)(C)C. The number of rotatable bonds is 3. The number of carbonyl (C=O) groups is 3. The van der Waals surface area contributed by atoms with E-state index in [4.69, 9.17) is 4.74 Å². The van der Waals surface area contributed by atoms with Gasteiger partial charge in [-0.15, -0.1) is 0 Å². The van der Waals surface area contributed by atoms with Crippen LogP contribution in [0.4, 0.5) is 4.79 Å². The van der Waals surface area contributed by atoms with Crippen LogP contribution in [0.15, 0.2) is 0 Å². The van der Waals surface area contributed by atoms with E-state index < -0.39 is 23.6 Å². The zero-order valence-electron chi connectivity index (χ0n) is 13.7. The van der Waals surface area contributed by atoms with Gasteiger partial charge in [-0.3, -0.25) is 14.5 Å². The Hall–Kier alpha value is -1.79. The summed E-state index contributed by atoms with van der Waals surface area (Å²) in [5.74, 6) is -0.319. The van der Waals surface area contributed by atoms with E-state index in [2.05, 4.69) is 5.32 Å². The Labute approximate surface area is 131 Å². The smallest absolute Gasteiger partial charge is 0.410 e. The average molecular weight is 311 g/mol. The van der Waals surface area contributed by atoms with Gasteiger partial charge in [0.25, 0.3) is 0 Å². The average Bonchev–Trinajstić information content (AvgIpc) is 3.06. The van der Waals surface area contributed by atoms with Gasteiger partial charge in [-0.05, 0) is 18.3 Å². The molecule has 2 fully saturated rings. The third kappa shape index (κ3) is 3.03. The van der Waals surface area contributed by atoms with Crippen molar-refractivity contribution in [1.29, 1.82) is 0 Å². The van der Waals surface area contributed by atoms with Crippen molar-refractivity contribution < 1.29 is 19.1 Å². The molecule has 0 saturated carbocycles. The molecule has 2 rings (SSSR count). The molecule has 0 radical (unpaired) electrons. The number of nitrogens with one attached hydrogen (secondary N) is 1. The predicted octanol–water partition coefficient (Wildman–Crippen LogP) is 0.590. The number of hydrogen-bond donors (Lipinski definition) is 1. The molecule has 7 nitrogen and oxygen atoms in total. The molecule has 0 aromatic rings. The van der Waals surface area contributed by atoms with Gasteiger partial charge < -0.3 is 15.0 Å². The van der Waals surface area contributed by atoms with Crippen LogP contribution < -0.4 is 5.32 Å². The summed E-state index contributed by atoms with van der Waals surface area (Å²) >= 11 is 0. The Morgan fingerprint density at radius 2 is 2.00 bits per heavy atom. The van der Waals surface area contributed by atoms with Gasteiger partial charge >= 0.3 is 6.09 Å². The van der Waals surface area contributed by atoms with Crippen molar-refractivity contribution in [2.75, 3.05) is 26.7 Å². The first-order valence-electron chi connectivity index (χ1n) is 7.73. The number of ether oxygens (including phenoxy) is 1. The topological polar surface area (TPSA) is 79.0 Å². The van der Waals surface area contributed by atoms with Crippen LogP contribution in [-0.2, 0) is 14.3 Å². The van der Waals surface area contributed by atoms with E-state index in [1.54, 1.807) is 11.9 Å². The molecule has 0 bridgehead atoms. The normalized spacial score (nSPS) is 23.5. The molecule has 0 spiro atoms. The van der Waals surface area contributed by atoms with E-state index in [1.807, 2.05) is 20.8 Å². The minimum absolute atomic E-state index is 0.150. The van der Waals surface area contributed by atoms with Gasteiger partial charge in [-0.1, -0.05) is 20.8 Å². The molecule has 1 N–H and O–H groups in total. The number of amides is 3. The van der Waals surface area contributed by atoms with E-state index in [1.165, 1.54) is 4.90 Å². The second kappa shape index (κ2) is 6.14. The Morgan fingerprint density at radius 1 is 1.32 bits per heavy atom. The maximum Gasteiger partial charge on any atom is 0.410 e. The summed E-state index contributed by atoms with van der Waals surface area (Å²) in [5.41, 5.74) is -0.434. The largest absolute Gasteiger partial charge is 0.448 e. The Kier molecular flexibility index (Phi) is 4.63. The quantitative estimate of drug-likeness (QED) is 0.827. The highest BCUT2D eigenvalue weighted by molar-refractivity contribution is 5.92. The molecule has 0 aromatic carbocycles. The van der Waals surface area contributed by atoms with Crippen molar-refractivity contribution in [3.8, 4) is 0 Å². The summed E-state index contributed by atoms with van der Waals surface area (Å²) in [6.07, 6.45) is 1.00. The van der Waals surface area contributed by atoms with Crippen molar-refractivity contribution in [1.82, 2.24) is 15.1 Å². The van der Waals surface area contributed by atoms with E-state index >= 15 is 0 Å². The molecule has 2 unspecified atom stereocenters. The fraction of sp³-hybridized carbons (Fsp3) is 0.800. The highest BCUT2D eigenvalue weighted by Gasteiger charge is 2.46. The van der Waals surface area contributed by atoms with Crippen LogP contribution in [0.2, 0.25) is 0 Å². The van der Waals surface area contributed by atoms with Gasteiger partial charge in [-0.25, -0.2) is 4.79 Å². The van der Waals surface area contributed by atoms with Gasteiger partial charge in [0.05, 0.1) is 6.54 Å². The fourth-order valence-corrected chi connectivity index (χ4v) is 3.24. The van der Waals surface area contributed by atoms with Crippen molar-refractivity contribution in [2.45, 2.75) is 45.7 Å². The Morgan fingerprint density at radius 3 is 2.50 bits per heavy atom. The lowest BCUT2D eigenvalue weighted by Crippen LogP contribution is -2.57. The monoisotopic (exact) mass is 311 g/mol.